The molecule has 12 aromatic carbocycles. The summed E-state index contributed by atoms with van der Waals surface area (Å²) in [5.41, 5.74) is 17.7. The van der Waals surface area contributed by atoms with Gasteiger partial charge in [0.2, 0.25) is 0 Å². The van der Waals surface area contributed by atoms with Crippen molar-refractivity contribution >= 4 is 82.5 Å². The lowest BCUT2D eigenvalue weighted by Gasteiger charge is -2.27. The van der Waals surface area contributed by atoms with Gasteiger partial charge in [-0.15, -0.1) is 0 Å². The molecule has 0 aliphatic carbocycles. The Morgan fingerprint density at radius 3 is 0.986 bits per heavy atom. The van der Waals surface area contributed by atoms with E-state index in [2.05, 4.69) is 326 Å². The molecule has 0 heterocycles. The van der Waals surface area contributed by atoms with Crippen LogP contribution in [0.5, 0.6) is 0 Å². The molecule has 0 saturated heterocycles. The summed E-state index contributed by atoms with van der Waals surface area (Å²) >= 11 is 0. The number of anilines is 9. The first kappa shape index (κ1) is 46.1. The monoisotopic (exact) mass is 974 g/mol. The fraction of sp³-hybridized carbons (Fsp3) is 0.0286. The zero-order chi connectivity index (χ0) is 52.1. The van der Waals surface area contributed by atoms with Gasteiger partial charge in [0.25, 0.3) is 0 Å². The van der Waals surface area contributed by atoms with Crippen LogP contribution in [-0.2, 0) is 0 Å². The average molecular weight is 975 g/mol. The molecular formula is C70H58N3P. The topological polar surface area (TPSA) is 9.72 Å². The summed E-state index contributed by atoms with van der Waals surface area (Å²) < 4.78 is 11.8. The SMILES string of the molecule is Cc1ccc(-c2ccc(N(c3ccccc3)c3cccc(C)c3)cc2)cc1.[2H]P[3H].c1ccc(N(c2ccc(-c3ccc(N(c4ccccc4)c4cccc5ccccc45)cc3)cc2)c2cccc3ccccc23)cc1. The van der Waals surface area contributed by atoms with E-state index in [0.717, 1.165) is 45.5 Å². The Hall–Kier alpha value is -9.01. The third kappa shape index (κ3) is 10.6. The van der Waals surface area contributed by atoms with Crippen LogP contribution < -0.4 is 14.7 Å². The molecule has 358 valence electrons. The normalized spacial score (nSPS) is 11.2. The first-order valence-corrected chi connectivity index (χ1v) is 25.0. The summed E-state index contributed by atoms with van der Waals surface area (Å²) in [6.45, 7) is 4.25. The molecule has 0 N–H and O–H groups in total. The smallest absolute Gasteiger partial charge is 0.0540 e. The lowest BCUT2D eigenvalue weighted by molar-refractivity contribution is 1.27. The van der Waals surface area contributed by atoms with Gasteiger partial charge in [0.1, 0.15) is 0 Å². The van der Waals surface area contributed by atoms with E-state index in [1.54, 1.807) is 0 Å². The second-order valence-electron chi connectivity index (χ2n) is 18.4. The predicted molar refractivity (Wildman–Crippen MR) is 323 cm³/mol. The van der Waals surface area contributed by atoms with Crippen molar-refractivity contribution in [3.05, 3.63) is 308 Å². The summed E-state index contributed by atoms with van der Waals surface area (Å²) in [5.74, 6) is 0. The molecule has 12 aromatic rings. The van der Waals surface area contributed by atoms with Gasteiger partial charge in [0.05, 0.1) is 13.9 Å². The van der Waals surface area contributed by atoms with E-state index in [0.29, 0.717) is 0 Å². The van der Waals surface area contributed by atoms with E-state index < -0.39 is 9.79 Å². The zero-order valence-corrected chi connectivity index (χ0v) is 42.6. The van der Waals surface area contributed by atoms with Crippen LogP contribution in [0.15, 0.2) is 297 Å². The molecule has 0 radical (unpaired) electrons. The first-order chi connectivity index (χ1) is 37.4. The maximum absolute atomic E-state index is 5.90. The summed E-state index contributed by atoms with van der Waals surface area (Å²) in [6, 6.07) is 106. The number of rotatable bonds is 11. The van der Waals surface area contributed by atoms with Crippen LogP contribution in [-0.4, -0.2) is 2.56 Å². The van der Waals surface area contributed by atoms with E-state index in [-0.39, 0.29) is 0 Å². The fourth-order valence-electron chi connectivity index (χ4n) is 9.76. The largest absolute Gasteiger partial charge is 0.310 e. The third-order valence-corrected chi connectivity index (χ3v) is 13.4. The summed E-state index contributed by atoms with van der Waals surface area (Å²) in [6.07, 6.45) is 0. The van der Waals surface area contributed by atoms with Crippen molar-refractivity contribution in [3.8, 4) is 22.3 Å². The fourth-order valence-corrected chi connectivity index (χ4v) is 9.76. The minimum absolute atomic E-state index is 0.417. The molecule has 4 heteroatoms. The molecule has 0 saturated carbocycles. The number of nitrogens with zero attached hydrogens (tertiary/aromatic N) is 3. The number of hydrogen-bond acceptors (Lipinski definition) is 3. The van der Waals surface area contributed by atoms with Gasteiger partial charge in [0.15, 0.2) is 0 Å². The van der Waals surface area contributed by atoms with E-state index in [9.17, 15) is 0 Å². The van der Waals surface area contributed by atoms with Crippen LogP contribution in [0.3, 0.4) is 0 Å². The second kappa shape index (κ2) is 22.6. The van der Waals surface area contributed by atoms with Crippen molar-refractivity contribution in [1.82, 2.24) is 0 Å². The predicted octanol–water partition coefficient (Wildman–Crippen LogP) is 20.1. The highest BCUT2D eigenvalue weighted by Gasteiger charge is 2.18. The molecule has 0 fully saturated rings. The Kier molecular flexibility index (Phi) is 14.1. The van der Waals surface area contributed by atoms with E-state index in [1.807, 2.05) is 0 Å². The Morgan fingerprint density at radius 2 is 0.581 bits per heavy atom. The van der Waals surface area contributed by atoms with Crippen LogP contribution in [0.1, 0.15) is 11.1 Å². The van der Waals surface area contributed by atoms with Crippen molar-refractivity contribution in [2.75, 3.05) is 14.7 Å². The van der Waals surface area contributed by atoms with E-state index in [1.165, 1.54) is 60.6 Å². The van der Waals surface area contributed by atoms with Crippen LogP contribution in [0.25, 0.3) is 43.8 Å². The number of para-hydroxylation sites is 3. The molecule has 74 heavy (non-hydrogen) atoms. The van der Waals surface area contributed by atoms with Crippen molar-refractivity contribution in [3.63, 3.8) is 0 Å². The molecule has 0 bridgehead atoms. The third-order valence-electron chi connectivity index (χ3n) is 13.4. The Balaban J connectivity index is 0.000000186. The van der Waals surface area contributed by atoms with Gasteiger partial charge < -0.3 is 14.7 Å². The van der Waals surface area contributed by atoms with Gasteiger partial charge in [0, 0.05) is 50.6 Å². The second-order valence-corrected chi connectivity index (χ2v) is 18.4. The van der Waals surface area contributed by atoms with Crippen molar-refractivity contribution in [2.45, 2.75) is 13.8 Å². The minimum atomic E-state index is -0.417. The zero-order valence-electron chi connectivity index (χ0n) is 43.6. The average Bonchev–Trinajstić information content (AvgIpc) is 3.48. The number of hydrogen-bond donors (Lipinski definition) is 0. The van der Waals surface area contributed by atoms with Crippen molar-refractivity contribution < 1.29 is 0 Å². The Morgan fingerprint density at radius 1 is 0.284 bits per heavy atom. The number of fused-ring (bicyclic) bond motifs is 2. The van der Waals surface area contributed by atoms with Gasteiger partial charge >= 0.3 is 0 Å². The minimum Gasteiger partial charge on any atom is -0.310 e. The highest BCUT2D eigenvalue weighted by atomic mass is 31.0. The molecule has 0 amide bonds. The lowest BCUT2D eigenvalue weighted by atomic mass is 10.0. The van der Waals surface area contributed by atoms with E-state index >= 15 is 0 Å². The standard InChI is InChI=1S/C44H32N2.C26H23N.H3P/c1-3-17-37(18-4-1)45(43-23-11-15-35-13-7-9-21-41(35)43)39-29-25-33(26-30-39)34-27-31-40(32-28-34)46(38-19-5-2-6-20-38)44-24-12-16-36-14-8-10-22-42(36)44;1-20-11-13-22(14-12-20)23-15-17-25(18-16-23)27(24-8-4-3-5-9-24)26-10-6-7-21(2)19-26;/h1-32H;3-19H,1-2H3;1H3/i;;1TD. The van der Waals surface area contributed by atoms with E-state index in [4.69, 9.17) is 2.56 Å². The molecule has 3 nitrogen and oxygen atoms in total. The maximum Gasteiger partial charge on any atom is 0.0540 e. The van der Waals surface area contributed by atoms with Crippen LogP contribution in [0.2, 0.25) is 0 Å². The van der Waals surface area contributed by atoms with Crippen molar-refractivity contribution in [1.29, 1.82) is 2.56 Å². The van der Waals surface area contributed by atoms with Gasteiger partial charge in [-0.05, 0) is 149 Å². The Bertz CT molecular complexity index is 3590. The highest BCUT2D eigenvalue weighted by molar-refractivity contribution is 6.92. The molecule has 12 rings (SSSR count). The van der Waals surface area contributed by atoms with Gasteiger partial charge in [-0.2, -0.15) is 9.79 Å². The molecule has 1 unspecified atom stereocenters. The lowest BCUT2D eigenvalue weighted by Crippen LogP contribution is -2.10. The van der Waals surface area contributed by atoms with Crippen LogP contribution in [0, 0.1) is 13.8 Å². The van der Waals surface area contributed by atoms with Gasteiger partial charge in [-0.25, -0.2) is 0 Å². The van der Waals surface area contributed by atoms with Crippen molar-refractivity contribution in [2.24, 2.45) is 0 Å². The van der Waals surface area contributed by atoms with Crippen LogP contribution >= 0.6 is 9.79 Å². The summed E-state index contributed by atoms with van der Waals surface area (Å²) in [5, 5.41) is 4.90. The molecule has 0 aliphatic rings. The van der Waals surface area contributed by atoms with Gasteiger partial charge in [-0.3, -0.25) is 0 Å². The number of aryl methyl sites for hydroxylation is 2. The van der Waals surface area contributed by atoms with Crippen LogP contribution in [0.4, 0.5) is 51.2 Å². The summed E-state index contributed by atoms with van der Waals surface area (Å²) in [4.78, 5) is 6.99. The molecule has 0 aromatic heterocycles. The highest BCUT2D eigenvalue weighted by Crippen LogP contribution is 2.42. The summed E-state index contributed by atoms with van der Waals surface area (Å²) in [7, 11) is -0.417. The molecule has 0 aliphatic heterocycles. The van der Waals surface area contributed by atoms with Gasteiger partial charge in [-0.1, -0.05) is 206 Å². The Labute approximate surface area is 442 Å². The molecular weight excluding hydrogens is 914 g/mol. The first-order valence-electron chi connectivity index (χ1n) is 26.0. The molecule has 1 atom stereocenters. The quantitative estimate of drug-likeness (QED) is 0.120. The maximum atomic E-state index is 5.90. The number of benzene rings is 12. The molecule has 0 spiro atoms.